The van der Waals surface area contributed by atoms with Crippen LogP contribution < -0.4 is 5.32 Å². The summed E-state index contributed by atoms with van der Waals surface area (Å²) in [6, 6.07) is 3.13. The Balaban J connectivity index is 2.45. The lowest BCUT2D eigenvalue weighted by Gasteiger charge is -2.29. The Morgan fingerprint density at radius 2 is 2.20 bits per heavy atom. The molecule has 0 spiro atoms. The van der Waals surface area contributed by atoms with Crippen molar-refractivity contribution in [2.24, 2.45) is 10.9 Å². The number of carbonyl (C=O) groups excluding carboxylic acids is 2. The number of urea groups is 1. The highest BCUT2D eigenvalue weighted by molar-refractivity contribution is 9.10. The van der Waals surface area contributed by atoms with E-state index in [4.69, 9.17) is 4.74 Å². The first-order valence-electron chi connectivity index (χ1n) is 5.82. The maximum Gasteiger partial charge on any atom is 0.341 e. The molecule has 1 aliphatic rings. The maximum absolute atomic E-state index is 13.3. The lowest BCUT2D eigenvalue weighted by Crippen LogP contribution is -2.44. The molecule has 1 aromatic carbocycles. The normalized spacial score (nSPS) is 22.0. The number of methoxy groups -OCH3 is 1. The molecule has 2 rings (SSSR count). The van der Waals surface area contributed by atoms with Gasteiger partial charge in [-0.3, -0.25) is 4.79 Å². The first-order chi connectivity index (χ1) is 9.43. The summed E-state index contributed by atoms with van der Waals surface area (Å²) in [4.78, 5) is 27.1. The van der Waals surface area contributed by atoms with E-state index in [1.807, 2.05) is 0 Å². The zero-order valence-corrected chi connectivity index (χ0v) is 12.4. The number of esters is 1. The molecule has 0 bridgehead atoms. The van der Waals surface area contributed by atoms with E-state index in [-0.39, 0.29) is 4.47 Å². The van der Waals surface area contributed by atoms with Crippen LogP contribution in [0.3, 0.4) is 0 Å². The Bertz CT molecular complexity index is 603. The Kier molecular flexibility index (Phi) is 4.17. The van der Waals surface area contributed by atoms with Crippen molar-refractivity contribution < 1.29 is 18.7 Å². The molecule has 1 aliphatic heterocycles. The summed E-state index contributed by atoms with van der Waals surface area (Å²) in [6.07, 6.45) is 0. The smallest absolute Gasteiger partial charge is 0.341 e. The first-order valence-corrected chi connectivity index (χ1v) is 6.61. The molecule has 0 aromatic heterocycles. The van der Waals surface area contributed by atoms with Crippen molar-refractivity contribution in [1.82, 2.24) is 5.32 Å². The average molecular weight is 343 g/mol. The summed E-state index contributed by atoms with van der Waals surface area (Å²) in [6.45, 7) is 1.59. The van der Waals surface area contributed by atoms with Gasteiger partial charge in [-0.2, -0.15) is 0 Å². The van der Waals surface area contributed by atoms with E-state index in [9.17, 15) is 14.0 Å². The minimum Gasteiger partial charge on any atom is -0.468 e. The fourth-order valence-corrected chi connectivity index (χ4v) is 2.53. The third kappa shape index (κ3) is 2.72. The largest absolute Gasteiger partial charge is 0.468 e. The summed E-state index contributed by atoms with van der Waals surface area (Å²) in [7, 11) is 1.27. The molecule has 1 N–H and O–H groups in total. The second-order valence-electron chi connectivity index (χ2n) is 4.35. The minimum absolute atomic E-state index is 0.257. The van der Waals surface area contributed by atoms with Gasteiger partial charge >= 0.3 is 12.0 Å². The summed E-state index contributed by atoms with van der Waals surface area (Å²) in [5.74, 6) is -1.65. The van der Waals surface area contributed by atoms with Gasteiger partial charge in [0.05, 0.1) is 17.6 Å². The quantitative estimate of drug-likeness (QED) is 0.840. The number of nitrogens with one attached hydrogen (secondary N) is 1. The number of halogens is 2. The van der Waals surface area contributed by atoms with Crippen LogP contribution in [-0.2, 0) is 9.53 Å². The maximum atomic E-state index is 13.3. The molecule has 20 heavy (non-hydrogen) atoms. The Labute approximate surface area is 123 Å². The molecule has 2 unspecified atom stereocenters. The third-order valence-electron chi connectivity index (χ3n) is 3.10. The number of ether oxygens (including phenoxy) is 1. The molecule has 0 fully saturated rings. The number of benzene rings is 1. The zero-order valence-electron chi connectivity index (χ0n) is 10.8. The van der Waals surface area contributed by atoms with Crippen molar-refractivity contribution >= 4 is 33.6 Å². The van der Waals surface area contributed by atoms with Crippen LogP contribution in [0, 0.1) is 11.7 Å². The van der Waals surface area contributed by atoms with Crippen molar-refractivity contribution in [2.75, 3.05) is 7.11 Å². The van der Waals surface area contributed by atoms with Crippen molar-refractivity contribution in [3.8, 4) is 0 Å². The second kappa shape index (κ2) is 5.70. The Hall–Kier alpha value is -1.76. The van der Waals surface area contributed by atoms with E-state index in [0.717, 1.165) is 0 Å². The molecule has 2 atom stereocenters. The first kappa shape index (κ1) is 14.6. The highest BCUT2D eigenvalue weighted by Gasteiger charge is 2.37. The lowest BCUT2D eigenvalue weighted by molar-refractivity contribution is -0.143. The van der Waals surface area contributed by atoms with Gasteiger partial charge in [-0.05, 0) is 40.5 Å². The van der Waals surface area contributed by atoms with E-state index in [1.165, 1.54) is 25.3 Å². The van der Waals surface area contributed by atoms with Crippen LogP contribution >= 0.6 is 15.9 Å². The molecular formula is C13H12BrFN2O3. The standard InChI is InChI=1S/C13H12BrFN2O3/c1-6-10(12(18)20-2)11(17-13(19)16-6)7-3-4-9(15)8(14)5-7/h3-5,10-11H,1-2H3,(H,17,19). The van der Waals surface area contributed by atoms with Crippen LogP contribution in [0.15, 0.2) is 27.7 Å². The third-order valence-corrected chi connectivity index (χ3v) is 3.71. The second-order valence-corrected chi connectivity index (χ2v) is 5.21. The van der Waals surface area contributed by atoms with Crippen LogP contribution in [0.2, 0.25) is 0 Å². The van der Waals surface area contributed by atoms with Crippen LogP contribution in [-0.4, -0.2) is 24.8 Å². The van der Waals surface area contributed by atoms with E-state index in [0.29, 0.717) is 11.3 Å². The SMILES string of the molecule is COC(=O)C1C(C)=NC(=O)NC1c1ccc(F)c(Br)c1. The fourth-order valence-electron chi connectivity index (χ4n) is 2.13. The number of rotatable bonds is 2. The van der Waals surface area contributed by atoms with Gasteiger partial charge in [-0.1, -0.05) is 6.07 Å². The molecule has 1 aromatic rings. The van der Waals surface area contributed by atoms with Crippen molar-refractivity contribution in [3.63, 3.8) is 0 Å². The number of hydrogen-bond donors (Lipinski definition) is 1. The average Bonchev–Trinajstić information content (AvgIpc) is 2.40. The van der Waals surface area contributed by atoms with E-state index < -0.39 is 29.8 Å². The molecule has 0 saturated carbocycles. The fraction of sp³-hybridized carbons (Fsp3) is 0.308. The van der Waals surface area contributed by atoms with Crippen molar-refractivity contribution in [3.05, 3.63) is 34.1 Å². The molecule has 5 nitrogen and oxygen atoms in total. The predicted octanol–water partition coefficient (Wildman–Crippen LogP) is 2.60. The molecule has 106 valence electrons. The summed E-state index contributed by atoms with van der Waals surface area (Å²) in [5.41, 5.74) is 0.960. The topological polar surface area (TPSA) is 67.8 Å². The van der Waals surface area contributed by atoms with E-state index in [2.05, 4.69) is 26.2 Å². The highest BCUT2D eigenvalue weighted by atomic mass is 79.9. The highest BCUT2D eigenvalue weighted by Crippen LogP contribution is 2.30. The van der Waals surface area contributed by atoms with Gasteiger partial charge in [-0.15, -0.1) is 0 Å². The zero-order chi connectivity index (χ0) is 14.9. The molecule has 0 radical (unpaired) electrons. The number of nitrogens with zero attached hydrogens (tertiary/aromatic N) is 1. The summed E-state index contributed by atoms with van der Waals surface area (Å²) < 4.78 is 18.3. The van der Waals surface area contributed by atoms with E-state index >= 15 is 0 Å². The molecule has 1 heterocycles. The van der Waals surface area contributed by atoms with E-state index in [1.54, 1.807) is 6.92 Å². The van der Waals surface area contributed by atoms with Gasteiger partial charge in [0.15, 0.2) is 0 Å². The van der Waals surface area contributed by atoms with Gasteiger partial charge in [0.2, 0.25) is 0 Å². The van der Waals surface area contributed by atoms with Gasteiger partial charge in [0, 0.05) is 5.71 Å². The summed E-state index contributed by atoms with van der Waals surface area (Å²) in [5, 5.41) is 2.60. The molecule has 2 amide bonds. The predicted molar refractivity (Wildman–Crippen MR) is 74.0 cm³/mol. The van der Waals surface area contributed by atoms with Crippen molar-refractivity contribution in [1.29, 1.82) is 0 Å². The van der Waals surface area contributed by atoms with Crippen molar-refractivity contribution in [2.45, 2.75) is 13.0 Å². The summed E-state index contributed by atoms with van der Waals surface area (Å²) >= 11 is 3.08. The Morgan fingerprint density at radius 1 is 1.50 bits per heavy atom. The molecule has 0 saturated heterocycles. The van der Waals surface area contributed by atoms with Gasteiger partial charge in [0.25, 0.3) is 0 Å². The van der Waals surface area contributed by atoms with Crippen LogP contribution in [0.4, 0.5) is 9.18 Å². The number of aliphatic imine (C=N–C) groups is 1. The minimum atomic E-state index is -0.727. The van der Waals surface area contributed by atoms with Gasteiger partial charge < -0.3 is 10.1 Å². The monoisotopic (exact) mass is 342 g/mol. The van der Waals surface area contributed by atoms with Crippen LogP contribution in [0.25, 0.3) is 0 Å². The number of amides is 2. The van der Waals surface area contributed by atoms with Crippen LogP contribution in [0.1, 0.15) is 18.5 Å². The van der Waals surface area contributed by atoms with Gasteiger partial charge in [-0.25, -0.2) is 14.2 Å². The number of hydrogen-bond acceptors (Lipinski definition) is 3. The van der Waals surface area contributed by atoms with Crippen LogP contribution in [0.5, 0.6) is 0 Å². The number of carbonyl (C=O) groups is 2. The lowest BCUT2D eigenvalue weighted by atomic mass is 9.88. The molecular weight excluding hydrogens is 331 g/mol. The van der Waals surface area contributed by atoms with Gasteiger partial charge in [0.1, 0.15) is 11.7 Å². The Morgan fingerprint density at radius 3 is 2.80 bits per heavy atom. The molecule has 0 aliphatic carbocycles. The molecule has 7 heteroatoms.